The minimum absolute atomic E-state index is 0.0267. The fourth-order valence-electron chi connectivity index (χ4n) is 2.56. The molecule has 0 aliphatic heterocycles. The van der Waals surface area contributed by atoms with Crippen molar-refractivity contribution in [2.24, 2.45) is 4.99 Å². The van der Waals surface area contributed by atoms with Gasteiger partial charge in [0.05, 0.1) is 6.54 Å². The predicted octanol–water partition coefficient (Wildman–Crippen LogP) is 3.03. The van der Waals surface area contributed by atoms with Gasteiger partial charge in [0.25, 0.3) is 0 Å². The maximum Gasteiger partial charge on any atom is 0.191 e. The number of aliphatic imine (C=N–C) groups is 1. The fourth-order valence-corrected chi connectivity index (χ4v) is 2.56. The Balaban J connectivity index is 2.05. The molecule has 0 amide bonds. The summed E-state index contributed by atoms with van der Waals surface area (Å²) >= 11 is 0. The van der Waals surface area contributed by atoms with Gasteiger partial charge in [0.15, 0.2) is 5.96 Å². The number of hydrogen-bond donors (Lipinski definition) is 2. The van der Waals surface area contributed by atoms with E-state index in [1.54, 1.807) is 0 Å². The Morgan fingerprint density at radius 1 is 1.20 bits per heavy atom. The van der Waals surface area contributed by atoms with Gasteiger partial charge < -0.3 is 10.6 Å². The summed E-state index contributed by atoms with van der Waals surface area (Å²) in [6.07, 6.45) is 3.77. The van der Waals surface area contributed by atoms with Crippen molar-refractivity contribution in [2.45, 2.75) is 59.0 Å². The molecule has 0 atom stereocenters. The Hall–Kier alpha value is -1.51. The van der Waals surface area contributed by atoms with Gasteiger partial charge in [0.2, 0.25) is 0 Å². The van der Waals surface area contributed by atoms with Crippen LogP contribution in [-0.2, 0) is 19.4 Å². The summed E-state index contributed by atoms with van der Waals surface area (Å²) in [6, 6.07) is 6.82. The SMILES string of the molecule is CCNC(=NCc1ccc2c(c1)CCC2)NC(C)(C)C. The molecule has 1 aliphatic carbocycles. The molecule has 0 spiro atoms. The number of benzene rings is 1. The second kappa shape index (κ2) is 6.29. The van der Waals surface area contributed by atoms with Gasteiger partial charge in [0.1, 0.15) is 0 Å². The summed E-state index contributed by atoms with van der Waals surface area (Å²) in [6.45, 7) is 10.2. The summed E-state index contributed by atoms with van der Waals surface area (Å²) < 4.78 is 0. The van der Waals surface area contributed by atoms with Crippen LogP contribution in [0.1, 0.15) is 50.8 Å². The first-order chi connectivity index (χ1) is 9.48. The molecule has 0 bridgehead atoms. The van der Waals surface area contributed by atoms with Crippen LogP contribution in [0.4, 0.5) is 0 Å². The van der Waals surface area contributed by atoms with Crippen molar-refractivity contribution in [3.05, 3.63) is 34.9 Å². The van der Waals surface area contributed by atoms with E-state index in [2.05, 4.69) is 61.5 Å². The zero-order valence-corrected chi connectivity index (χ0v) is 13.2. The number of guanidine groups is 1. The minimum Gasteiger partial charge on any atom is -0.357 e. The van der Waals surface area contributed by atoms with Gasteiger partial charge in [-0.2, -0.15) is 0 Å². The van der Waals surface area contributed by atoms with Gasteiger partial charge in [-0.25, -0.2) is 4.99 Å². The van der Waals surface area contributed by atoms with E-state index in [4.69, 9.17) is 0 Å². The molecule has 0 unspecified atom stereocenters. The van der Waals surface area contributed by atoms with Crippen LogP contribution < -0.4 is 10.6 Å². The molecule has 1 aromatic carbocycles. The normalized spacial score (nSPS) is 15.1. The fraction of sp³-hybridized carbons (Fsp3) is 0.588. The highest BCUT2D eigenvalue weighted by Crippen LogP contribution is 2.23. The molecule has 3 heteroatoms. The highest BCUT2D eigenvalue weighted by atomic mass is 15.2. The minimum atomic E-state index is 0.0267. The Morgan fingerprint density at radius 2 is 1.95 bits per heavy atom. The Bertz CT molecular complexity index is 483. The average molecular weight is 273 g/mol. The highest BCUT2D eigenvalue weighted by Gasteiger charge is 2.12. The van der Waals surface area contributed by atoms with Crippen molar-refractivity contribution >= 4 is 5.96 Å². The van der Waals surface area contributed by atoms with Gasteiger partial charge in [-0.05, 0) is 63.6 Å². The molecule has 0 radical (unpaired) electrons. The van der Waals surface area contributed by atoms with Crippen LogP contribution in [-0.4, -0.2) is 18.0 Å². The molecular weight excluding hydrogens is 246 g/mol. The summed E-state index contributed by atoms with van der Waals surface area (Å²) in [4.78, 5) is 4.69. The summed E-state index contributed by atoms with van der Waals surface area (Å²) in [5.74, 6) is 0.889. The molecular formula is C17H27N3. The summed E-state index contributed by atoms with van der Waals surface area (Å²) in [7, 11) is 0. The van der Waals surface area contributed by atoms with Gasteiger partial charge in [0, 0.05) is 12.1 Å². The van der Waals surface area contributed by atoms with Crippen molar-refractivity contribution in [3.63, 3.8) is 0 Å². The molecule has 0 saturated carbocycles. The molecule has 1 aliphatic rings. The largest absolute Gasteiger partial charge is 0.357 e. The highest BCUT2D eigenvalue weighted by molar-refractivity contribution is 5.80. The standard InChI is InChI=1S/C17H27N3/c1-5-18-16(20-17(2,3)4)19-12-13-9-10-14-7-6-8-15(14)11-13/h9-11H,5-8,12H2,1-4H3,(H2,18,19,20). The van der Waals surface area contributed by atoms with E-state index in [1.165, 1.54) is 36.0 Å². The molecule has 20 heavy (non-hydrogen) atoms. The second-order valence-corrected chi connectivity index (χ2v) is 6.53. The van der Waals surface area contributed by atoms with Crippen LogP contribution in [0.5, 0.6) is 0 Å². The van der Waals surface area contributed by atoms with Gasteiger partial charge in [-0.15, -0.1) is 0 Å². The lowest BCUT2D eigenvalue weighted by Crippen LogP contribution is -2.47. The summed E-state index contributed by atoms with van der Waals surface area (Å²) in [5, 5.41) is 6.72. The van der Waals surface area contributed by atoms with E-state index < -0.39 is 0 Å². The molecule has 0 heterocycles. The van der Waals surface area contributed by atoms with Crippen molar-refractivity contribution in [3.8, 4) is 0 Å². The average Bonchev–Trinajstić information content (AvgIpc) is 2.81. The number of aryl methyl sites for hydroxylation is 2. The Labute approximate surface area is 122 Å². The topological polar surface area (TPSA) is 36.4 Å². The van der Waals surface area contributed by atoms with E-state index in [0.29, 0.717) is 0 Å². The molecule has 1 aromatic rings. The van der Waals surface area contributed by atoms with E-state index in [0.717, 1.165) is 19.0 Å². The van der Waals surface area contributed by atoms with Gasteiger partial charge in [-0.1, -0.05) is 18.2 Å². The lowest BCUT2D eigenvalue weighted by Gasteiger charge is -2.23. The summed E-state index contributed by atoms with van der Waals surface area (Å²) in [5.41, 5.74) is 4.37. The molecule has 3 nitrogen and oxygen atoms in total. The number of hydrogen-bond acceptors (Lipinski definition) is 1. The number of nitrogens with one attached hydrogen (secondary N) is 2. The predicted molar refractivity (Wildman–Crippen MR) is 86.2 cm³/mol. The first-order valence-corrected chi connectivity index (χ1v) is 7.65. The van der Waals surface area contributed by atoms with Crippen molar-refractivity contribution < 1.29 is 0 Å². The second-order valence-electron chi connectivity index (χ2n) is 6.53. The number of rotatable bonds is 3. The molecule has 0 saturated heterocycles. The third-order valence-electron chi connectivity index (χ3n) is 3.42. The Kier molecular flexibility index (Phi) is 4.69. The first kappa shape index (κ1) is 14.9. The Morgan fingerprint density at radius 3 is 2.65 bits per heavy atom. The van der Waals surface area contributed by atoms with Crippen LogP contribution in [0.3, 0.4) is 0 Å². The van der Waals surface area contributed by atoms with Crippen molar-refractivity contribution in [2.75, 3.05) is 6.54 Å². The maximum absolute atomic E-state index is 4.69. The van der Waals surface area contributed by atoms with Crippen LogP contribution in [0.15, 0.2) is 23.2 Å². The third-order valence-corrected chi connectivity index (χ3v) is 3.42. The lowest BCUT2D eigenvalue weighted by atomic mass is 10.1. The molecule has 110 valence electrons. The third kappa shape index (κ3) is 4.26. The van der Waals surface area contributed by atoms with Gasteiger partial charge in [-0.3, -0.25) is 0 Å². The molecule has 2 N–H and O–H groups in total. The van der Waals surface area contributed by atoms with Crippen molar-refractivity contribution in [1.29, 1.82) is 0 Å². The van der Waals surface area contributed by atoms with E-state index in [9.17, 15) is 0 Å². The zero-order valence-electron chi connectivity index (χ0n) is 13.2. The molecule has 0 fully saturated rings. The number of nitrogens with zero attached hydrogens (tertiary/aromatic N) is 1. The van der Waals surface area contributed by atoms with Crippen LogP contribution in [0.2, 0.25) is 0 Å². The van der Waals surface area contributed by atoms with Crippen LogP contribution in [0.25, 0.3) is 0 Å². The van der Waals surface area contributed by atoms with Crippen molar-refractivity contribution in [1.82, 2.24) is 10.6 Å². The molecule has 0 aromatic heterocycles. The smallest absolute Gasteiger partial charge is 0.191 e. The molecule has 2 rings (SSSR count). The van der Waals surface area contributed by atoms with Gasteiger partial charge >= 0.3 is 0 Å². The monoisotopic (exact) mass is 273 g/mol. The lowest BCUT2D eigenvalue weighted by molar-refractivity contribution is 0.501. The van der Waals surface area contributed by atoms with Crippen LogP contribution in [0, 0.1) is 0 Å². The van der Waals surface area contributed by atoms with Crippen LogP contribution >= 0.6 is 0 Å². The quantitative estimate of drug-likeness (QED) is 0.656. The maximum atomic E-state index is 4.69. The first-order valence-electron chi connectivity index (χ1n) is 7.65. The van der Waals surface area contributed by atoms with E-state index in [-0.39, 0.29) is 5.54 Å². The van der Waals surface area contributed by atoms with E-state index in [1.807, 2.05) is 0 Å². The van der Waals surface area contributed by atoms with E-state index >= 15 is 0 Å². The number of fused-ring (bicyclic) bond motifs is 1. The zero-order chi connectivity index (χ0) is 14.6.